The molecule has 0 saturated carbocycles. The summed E-state index contributed by atoms with van der Waals surface area (Å²) >= 11 is 0. The first-order valence-corrected chi connectivity index (χ1v) is 24.3. The monoisotopic (exact) mass is 855 g/mol. The van der Waals surface area contributed by atoms with Crippen molar-refractivity contribution in [2.45, 2.75) is 157 Å². The smallest absolute Gasteiger partial charge is 0.256 e. The molecule has 0 saturated heterocycles. The number of nitrogens with zero attached hydrogens (tertiary/aromatic N) is 2. The molecule has 0 radical (unpaired) electrons. The highest BCUT2D eigenvalue weighted by atomic mass is 16.5. The van der Waals surface area contributed by atoms with Crippen LogP contribution in [0.25, 0.3) is 27.5 Å². The molecule has 0 unspecified atom stereocenters. The van der Waals surface area contributed by atoms with Gasteiger partial charge in [-0.3, -0.25) is 0 Å². The molecule has 0 aliphatic carbocycles. The lowest BCUT2D eigenvalue weighted by molar-refractivity contribution is 0.482. The van der Waals surface area contributed by atoms with Gasteiger partial charge in [-0.15, -0.1) is 0 Å². The first kappa shape index (κ1) is 42.5. The second-order valence-corrected chi connectivity index (χ2v) is 26.4. The van der Waals surface area contributed by atoms with E-state index in [0.717, 1.165) is 11.5 Å². The van der Waals surface area contributed by atoms with E-state index in [1.54, 1.807) is 0 Å². The quantitative estimate of drug-likeness (QED) is 0.141. The number of rotatable bonds is 0. The van der Waals surface area contributed by atoms with Crippen LogP contribution in [0.3, 0.4) is 0 Å². The third-order valence-corrected chi connectivity index (χ3v) is 15.5. The molecule has 4 aliphatic rings. The molecule has 65 heavy (non-hydrogen) atoms. The fourth-order valence-electron chi connectivity index (χ4n) is 11.5. The van der Waals surface area contributed by atoms with Gasteiger partial charge in [0.1, 0.15) is 11.5 Å². The molecule has 0 fully saturated rings. The predicted octanol–water partition coefficient (Wildman–Crippen LogP) is 12.1. The maximum atomic E-state index is 7.19. The van der Waals surface area contributed by atoms with Gasteiger partial charge in [-0.2, -0.15) is 0 Å². The second kappa shape index (κ2) is 12.8. The highest BCUT2D eigenvalue weighted by molar-refractivity contribution is 7.04. The number of hydrogen-bond acceptors (Lipinski definition) is 2. The van der Waals surface area contributed by atoms with Crippen LogP contribution in [0, 0.1) is 0 Å². The SMILES string of the molecule is CC(C)(C)c1ccc2c(c1)B1c3cc(C(C)(C)C)cc4c3N(c3cc(C(C)(C)C)cc(c31)O2)c1cc(C(C)(C)C)cc2c1B4c1cc(C(C)(C)C)cc3c4cc(C(C)(C)C)ccc4n-2c13. The van der Waals surface area contributed by atoms with Crippen LogP contribution in [-0.2, 0) is 32.5 Å². The average Bonchev–Trinajstić information content (AvgIpc) is 3.52. The summed E-state index contributed by atoms with van der Waals surface area (Å²) in [4.78, 5) is 2.72. The average molecular weight is 855 g/mol. The van der Waals surface area contributed by atoms with Crippen LogP contribution in [0.15, 0.2) is 84.9 Å². The lowest BCUT2D eigenvalue weighted by Gasteiger charge is -2.48. The molecular formula is C60H68B2N2O. The maximum absolute atomic E-state index is 7.19. The van der Waals surface area contributed by atoms with Crippen molar-refractivity contribution >= 4 is 85.1 Å². The summed E-state index contributed by atoms with van der Waals surface area (Å²) in [7, 11) is 0. The van der Waals surface area contributed by atoms with Gasteiger partial charge in [-0.1, -0.05) is 161 Å². The van der Waals surface area contributed by atoms with E-state index >= 15 is 0 Å². The van der Waals surface area contributed by atoms with Crippen LogP contribution < -0.4 is 42.4 Å². The lowest BCUT2D eigenvalue weighted by Crippen LogP contribution is -2.67. The molecule has 0 bridgehead atoms. The van der Waals surface area contributed by atoms with Crippen molar-refractivity contribution in [2.24, 2.45) is 0 Å². The van der Waals surface area contributed by atoms with Gasteiger partial charge in [0.2, 0.25) is 0 Å². The normalized spacial score (nSPS) is 15.3. The fraction of sp³-hybridized carbons (Fsp3) is 0.400. The van der Waals surface area contributed by atoms with Crippen LogP contribution in [0.1, 0.15) is 158 Å². The number of hydrogen-bond donors (Lipinski definition) is 0. The molecule has 4 aliphatic heterocycles. The molecule has 0 spiro atoms. The summed E-state index contributed by atoms with van der Waals surface area (Å²) in [5.41, 5.74) is 23.8. The van der Waals surface area contributed by atoms with Gasteiger partial charge < -0.3 is 14.2 Å². The van der Waals surface area contributed by atoms with Gasteiger partial charge in [-0.05, 0) is 147 Å². The van der Waals surface area contributed by atoms with Gasteiger partial charge in [0.05, 0.1) is 5.52 Å². The Balaban J connectivity index is 1.36. The third kappa shape index (κ3) is 6.08. The molecule has 5 heterocycles. The van der Waals surface area contributed by atoms with Gasteiger partial charge >= 0.3 is 0 Å². The Morgan fingerprint density at radius 2 is 0.800 bits per heavy atom. The molecule has 5 heteroatoms. The molecule has 7 aromatic rings. The van der Waals surface area contributed by atoms with Crippen molar-refractivity contribution in [3.8, 4) is 17.2 Å². The molecule has 3 nitrogen and oxygen atoms in total. The van der Waals surface area contributed by atoms with E-state index in [1.807, 2.05) is 0 Å². The van der Waals surface area contributed by atoms with Gasteiger partial charge in [0.15, 0.2) is 0 Å². The van der Waals surface area contributed by atoms with Crippen LogP contribution >= 0.6 is 0 Å². The maximum Gasteiger partial charge on any atom is 0.256 e. The third-order valence-electron chi connectivity index (χ3n) is 15.5. The van der Waals surface area contributed by atoms with E-state index in [-0.39, 0.29) is 45.9 Å². The molecule has 0 N–H and O–H groups in total. The number of fused-ring (bicyclic) bond motifs is 11. The van der Waals surface area contributed by atoms with Crippen molar-refractivity contribution in [1.82, 2.24) is 4.57 Å². The van der Waals surface area contributed by atoms with Crippen molar-refractivity contribution in [3.63, 3.8) is 0 Å². The fourth-order valence-corrected chi connectivity index (χ4v) is 11.5. The minimum absolute atomic E-state index is 0.00553. The van der Waals surface area contributed by atoms with E-state index in [1.165, 1.54) is 111 Å². The first-order chi connectivity index (χ1) is 30.0. The van der Waals surface area contributed by atoms with Gasteiger partial charge in [-0.25, -0.2) is 0 Å². The molecule has 11 rings (SSSR count). The largest absolute Gasteiger partial charge is 0.458 e. The van der Waals surface area contributed by atoms with Crippen molar-refractivity contribution < 1.29 is 4.74 Å². The molecule has 0 amide bonds. The molecule has 0 atom stereocenters. The standard InChI is InChI=1S/C60H68B2N2O/c1-55(2,3)33-19-21-45-39(23-33)40-24-35(57(7,8)9)26-42-53(40)63(45)46-29-37(59(13,14)15)30-47-51(46)62(42)44-28-36(58(10,11)12)27-43-54(44)64(47)48-31-38(60(16,17)18)32-50-52(48)61(43)41-25-34(56(4,5)6)20-22-49(41)65-50/h19-32H,1-18H3. The first-order valence-electron chi connectivity index (χ1n) is 24.3. The van der Waals surface area contributed by atoms with E-state index in [0.29, 0.717) is 0 Å². The van der Waals surface area contributed by atoms with Crippen molar-refractivity contribution in [3.05, 3.63) is 118 Å². The minimum atomic E-state index is -0.103. The summed E-state index contributed by atoms with van der Waals surface area (Å²) in [6.45, 7) is 42.6. The Hall–Kier alpha value is -5.15. The molecule has 1 aromatic heterocycles. The van der Waals surface area contributed by atoms with Crippen LogP contribution in [0.4, 0.5) is 17.1 Å². The van der Waals surface area contributed by atoms with E-state index in [2.05, 4.69) is 219 Å². The van der Waals surface area contributed by atoms with E-state index in [9.17, 15) is 0 Å². The highest BCUT2D eigenvalue weighted by Gasteiger charge is 2.51. The molecule has 6 aromatic carbocycles. The summed E-state index contributed by atoms with van der Waals surface area (Å²) in [5, 5.41) is 2.71. The summed E-state index contributed by atoms with van der Waals surface area (Å²) < 4.78 is 9.87. The number of aromatic nitrogens is 1. The predicted molar refractivity (Wildman–Crippen MR) is 283 cm³/mol. The Labute approximate surface area is 390 Å². The number of anilines is 3. The van der Waals surface area contributed by atoms with Crippen LogP contribution in [0.2, 0.25) is 0 Å². The topological polar surface area (TPSA) is 17.4 Å². The lowest BCUT2D eigenvalue weighted by atomic mass is 9.29. The van der Waals surface area contributed by atoms with E-state index < -0.39 is 0 Å². The van der Waals surface area contributed by atoms with Crippen molar-refractivity contribution in [2.75, 3.05) is 4.90 Å². The number of ether oxygens (including phenoxy) is 1. The van der Waals surface area contributed by atoms with Crippen LogP contribution in [0.5, 0.6) is 11.5 Å². The molecular weight excluding hydrogens is 786 g/mol. The summed E-state index contributed by atoms with van der Waals surface area (Å²) in [6.07, 6.45) is 0. The Morgan fingerprint density at radius 1 is 0.369 bits per heavy atom. The Bertz CT molecular complexity index is 3250. The summed E-state index contributed by atoms with van der Waals surface area (Å²) in [5.74, 6) is 1.96. The highest BCUT2D eigenvalue weighted by Crippen LogP contribution is 2.48. The molecule has 330 valence electrons. The van der Waals surface area contributed by atoms with E-state index in [4.69, 9.17) is 4.74 Å². The summed E-state index contributed by atoms with van der Waals surface area (Å²) in [6, 6.07) is 34.7. The van der Waals surface area contributed by atoms with Gasteiger partial charge in [0.25, 0.3) is 13.4 Å². The second-order valence-electron chi connectivity index (χ2n) is 26.4. The zero-order valence-corrected chi connectivity index (χ0v) is 42.5. The Morgan fingerprint density at radius 3 is 1.38 bits per heavy atom. The Kier molecular flexibility index (Phi) is 8.39. The number of benzene rings is 6. The zero-order valence-electron chi connectivity index (χ0n) is 42.5. The zero-order chi connectivity index (χ0) is 46.6. The van der Waals surface area contributed by atoms with Crippen molar-refractivity contribution in [1.29, 1.82) is 0 Å². The minimum Gasteiger partial charge on any atom is -0.458 e. The van der Waals surface area contributed by atoms with Crippen LogP contribution in [-0.4, -0.2) is 18.0 Å². The van der Waals surface area contributed by atoms with Gasteiger partial charge in [0, 0.05) is 39.0 Å².